The van der Waals surface area contributed by atoms with Gasteiger partial charge < -0.3 is 10.2 Å². The standard InChI is InChI=1S/C24H32N4O6S/c1-6-18(3)25-24(30)19(4)26(15-20-10-7-9-17(2)13-20)23(29)16-27(35(5,33)34)21-11-8-12-22(14-21)28(31)32/h7-14,18-19H,6,15-16H2,1-5H3,(H,25,30)/t18-,19-/m1/s1. The Morgan fingerprint density at radius 1 is 1.11 bits per heavy atom. The number of nitro benzene ring substituents is 1. The van der Waals surface area contributed by atoms with E-state index in [1.54, 1.807) is 6.92 Å². The van der Waals surface area contributed by atoms with Crippen molar-refractivity contribution in [2.45, 2.75) is 52.7 Å². The third-order valence-corrected chi connectivity index (χ3v) is 6.75. The third-order valence-electron chi connectivity index (χ3n) is 5.61. The van der Waals surface area contributed by atoms with E-state index < -0.39 is 33.4 Å². The molecule has 0 bridgehead atoms. The number of carbonyl (C=O) groups excluding carboxylic acids is 2. The number of anilines is 1. The number of non-ortho nitro benzene ring substituents is 1. The first-order valence-electron chi connectivity index (χ1n) is 11.2. The summed E-state index contributed by atoms with van der Waals surface area (Å²) in [6.45, 7) is 6.74. The van der Waals surface area contributed by atoms with E-state index in [9.17, 15) is 28.1 Å². The maximum absolute atomic E-state index is 13.5. The molecular weight excluding hydrogens is 472 g/mol. The molecule has 0 fully saturated rings. The first-order valence-corrected chi connectivity index (χ1v) is 13.1. The SMILES string of the molecule is CC[C@@H](C)NC(=O)[C@@H](C)N(Cc1cccc(C)c1)C(=O)CN(c1cccc([N+](=O)[O-])c1)S(C)(=O)=O. The summed E-state index contributed by atoms with van der Waals surface area (Å²) < 4.78 is 25.9. The number of aryl methyl sites for hydroxylation is 1. The van der Waals surface area contributed by atoms with Crippen LogP contribution in [0.25, 0.3) is 0 Å². The maximum Gasteiger partial charge on any atom is 0.271 e. The number of nitro groups is 1. The van der Waals surface area contributed by atoms with Crippen LogP contribution in [0.3, 0.4) is 0 Å². The summed E-state index contributed by atoms with van der Waals surface area (Å²) in [4.78, 5) is 38.2. The van der Waals surface area contributed by atoms with Gasteiger partial charge in [-0.1, -0.05) is 42.8 Å². The lowest BCUT2D eigenvalue weighted by Gasteiger charge is -2.32. The van der Waals surface area contributed by atoms with Gasteiger partial charge in [-0.2, -0.15) is 0 Å². The lowest BCUT2D eigenvalue weighted by atomic mass is 10.1. The molecule has 1 N–H and O–H groups in total. The quantitative estimate of drug-likeness (QED) is 0.370. The molecule has 10 nitrogen and oxygen atoms in total. The number of sulfonamides is 1. The van der Waals surface area contributed by atoms with Crippen LogP contribution >= 0.6 is 0 Å². The molecule has 0 radical (unpaired) electrons. The predicted octanol–water partition coefficient (Wildman–Crippen LogP) is 3.00. The van der Waals surface area contributed by atoms with Crippen LogP contribution in [0.1, 0.15) is 38.3 Å². The molecule has 0 spiro atoms. The van der Waals surface area contributed by atoms with Crippen LogP contribution < -0.4 is 9.62 Å². The second-order valence-electron chi connectivity index (χ2n) is 8.55. The number of benzene rings is 2. The van der Waals surface area contributed by atoms with Gasteiger partial charge in [-0.25, -0.2) is 8.42 Å². The van der Waals surface area contributed by atoms with Crippen LogP contribution in [0.15, 0.2) is 48.5 Å². The van der Waals surface area contributed by atoms with Crippen LogP contribution in [-0.4, -0.2) is 54.9 Å². The lowest BCUT2D eigenvalue weighted by molar-refractivity contribution is -0.384. The van der Waals surface area contributed by atoms with Crippen molar-refractivity contribution in [3.8, 4) is 0 Å². The Morgan fingerprint density at radius 2 is 1.77 bits per heavy atom. The van der Waals surface area contributed by atoms with E-state index >= 15 is 0 Å². The molecule has 2 rings (SSSR count). The molecular formula is C24H32N4O6S. The van der Waals surface area contributed by atoms with Gasteiger partial charge in [-0.3, -0.25) is 24.0 Å². The highest BCUT2D eigenvalue weighted by molar-refractivity contribution is 7.92. The Kier molecular flexibility index (Phi) is 9.35. The molecule has 0 aliphatic heterocycles. The fraction of sp³-hybridized carbons (Fsp3) is 0.417. The molecule has 2 amide bonds. The molecule has 11 heteroatoms. The van der Waals surface area contributed by atoms with E-state index in [1.807, 2.05) is 45.0 Å². The molecule has 0 unspecified atom stereocenters. The summed E-state index contributed by atoms with van der Waals surface area (Å²) in [6, 6.07) is 11.5. The number of rotatable bonds is 11. The van der Waals surface area contributed by atoms with Crippen molar-refractivity contribution in [2.75, 3.05) is 17.1 Å². The zero-order valence-electron chi connectivity index (χ0n) is 20.6. The van der Waals surface area contributed by atoms with Gasteiger partial charge >= 0.3 is 0 Å². The summed E-state index contributed by atoms with van der Waals surface area (Å²) in [5, 5.41) is 14.0. The Balaban J connectivity index is 2.43. The summed E-state index contributed by atoms with van der Waals surface area (Å²) in [6.07, 6.45) is 1.63. The van der Waals surface area contributed by atoms with E-state index in [4.69, 9.17) is 0 Å². The number of amides is 2. The van der Waals surface area contributed by atoms with Crippen molar-refractivity contribution in [1.82, 2.24) is 10.2 Å². The minimum Gasteiger partial charge on any atom is -0.352 e. The van der Waals surface area contributed by atoms with Crippen LogP contribution in [0.2, 0.25) is 0 Å². The van der Waals surface area contributed by atoms with Gasteiger partial charge in [0.25, 0.3) is 5.69 Å². The minimum atomic E-state index is -3.97. The minimum absolute atomic E-state index is 0.0118. The highest BCUT2D eigenvalue weighted by atomic mass is 32.2. The Bertz CT molecular complexity index is 1180. The molecule has 0 aromatic heterocycles. The monoisotopic (exact) mass is 504 g/mol. The molecule has 35 heavy (non-hydrogen) atoms. The van der Waals surface area contributed by atoms with Crippen LogP contribution in [0, 0.1) is 17.0 Å². The Labute approximate surface area is 206 Å². The summed E-state index contributed by atoms with van der Waals surface area (Å²) in [5.74, 6) is -0.975. The van der Waals surface area contributed by atoms with Crippen molar-refractivity contribution in [3.05, 3.63) is 69.8 Å². The van der Waals surface area contributed by atoms with Crippen LogP contribution in [0.5, 0.6) is 0 Å². The second kappa shape index (κ2) is 11.8. The summed E-state index contributed by atoms with van der Waals surface area (Å²) >= 11 is 0. The van der Waals surface area contributed by atoms with Gasteiger partial charge in [-0.05, 0) is 38.8 Å². The molecule has 2 atom stereocenters. The van der Waals surface area contributed by atoms with Gasteiger partial charge in [0.2, 0.25) is 21.8 Å². The largest absolute Gasteiger partial charge is 0.352 e. The third kappa shape index (κ3) is 7.78. The zero-order valence-corrected chi connectivity index (χ0v) is 21.4. The van der Waals surface area contributed by atoms with Gasteiger partial charge in [-0.15, -0.1) is 0 Å². The molecule has 0 aliphatic carbocycles. The van der Waals surface area contributed by atoms with Gasteiger partial charge in [0.05, 0.1) is 16.9 Å². The van der Waals surface area contributed by atoms with Gasteiger partial charge in [0.15, 0.2) is 0 Å². The maximum atomic E-state index is 13.5. The average Bonchev–Trinajstić information content (AvgIpc) is 2.79. The van der Waals surface area contributed by atoms with E-state index in [2.05, 4.69) is 5.32 Å². The van der Waals surface area contributed by atoms with E-state index in [1.165, 1.54) is 23.1 Å². The molecule has 2 aromatic rings. The van der Waals surface area contributed by atoms with Crippen molar-refractivity contribution < 1.29 is 22.9 Å². The Hall–Kier alpha value is -3.47. The smallest absolute Gasteiger partial charge is 0.271 e. The number of nitrogens with zero attached hydrogens (tertiary/aromatic N) is 3. The van der Waals surface area contributed by atoms with E-state index in [-0.39, 0.29) is 29.9 Å². The second-order valence-corrected chi connectivity index (χ2v) is 10.5. The summed E-state index contributed by atoms with van der Waals surface area (Å²) in [5.41, 5.74) is 1.44. The number of hydrogen-bond donors (Lipinski definition) is 1. The molecule has 0 aliphatic rings. The van der Waals surface area contributed by atoms with Crippen molar-refractivity contribution in [1.29, 1.82) is 0 Å². The molecule has 0 saturated carbocycles. The number of carbonyl (C=O) groups is 2. The van der Waals surface area contributed by atoms with Gasteiger partial charge in [0.1, 0.15) is 12.6 Å². The Morgan fingerprint density at radius 3 is 2.34 bits per heavy atom. The molecule has 0 saturated heterocycles. The van der Waals surface area contributed by atoms with E-state index in [0.29, 0.717) is 6.42 Å². The predicted molar refractivity (Wildman–Crippen MR) is 134 cm³/mol. The fourth-order valence-corrected chi connectivity index (χ4v) is 4.27. The fourth-order valence-electron chi connectivity index (χ4n) is 3.43. The lowest BCUT2D eigenvalue weighted by Crippen LogP contribution is -2.52. The van der Waals surface area contributed by atoms with Crippen molar-refractivity contribution in [3.63, 3.8) is 0 Å². The highest BCUT2D eigenvalue weighted by Crippen LogP contribution is 2.24. The summed E-state index contributed by atoms with van der Waals surface area (Å²) in [7, 11) is -3.97. The average molecular weight is 505 g/mol. The number of nitrogens with one attached hydrogen (secondary N) is 1. The number of hydrogen-bond acceptors (Lipinski definition) is 6. The topological polar surface area (TPSA) is 130 Å². The zero-order chi connectivity index (χ0) is 26.3. The van der Waals surface area contributed by atoms with Crippen molar-refractivity contribution >= 4 is 33.2 Å². The van der Waals surface area contributed by atoms with Crippen LogP contribution in [-0.2, 0) is 26.2 Å². The first kappa shape index (κ1) is 27.8. The normalized spacial score (nSPS) is 12.9. The highest BCUT2D eigenvalue weighted by Gasteiger charge is 2.31. The van der Waals surface area contributed by atoms with Gasteiger partial charge in [0, 0.05) is 24.7 Å². The molecule has 190 valence electrons. The van der Waals surface area contributed by atoms with Crippen molar-refractivity contribution in [2.24, 2.45) is 0 Å². The first-order chi connectivity index (χ1) is 16.3. The van der Waals surface area contributed by atoms with Crippen LogP contribution in [0.4, 0.5) is 11.4 Å². The molecule has 0 heterocycles. The molecule has 2 aromatic carbocycles. The van der Waals surface area contributed by atoms with E-state index in [0.717, 1.165) is 27.8 Å².